The third-order valence-corrected chi connectivity index (χ3v) is 7.39. The summed E-state index contributed by atoms with van der Waals surface area (Å²) in [7, 11) is 0. The first-order valence-electron chi connectivity index (χ1n) is 9.78. The number of fused-ring (bicyclic) bond motifs is 2. The highest BCUT2D eigenvalue weighted by molar-refractivity contribution is 5.75. The fourth-order valence-electron chi connectivity index (χ4n) is 6.06. The van der Waals surface area contributed by atoms with Crippen molar-refractivity contribution in [3.63, 3.8) is 0 Å². The number of hydrogen-bond donors (Lipinski definition) is 1. The molecule has 0 spiro atoms. The molecule has 0 radical (unpaired) electrons. The van der Waals surface area contributed by atoms with E-state index in [-0.39, 0.29) is 18.0 Å². The van der Waals surface area contributed by atoms with Gasteiger partial charge in [-0.25, -0.2) is 0 Å². The summed E-state index contributed by atoms with van der Waals surface area (Å²) < 4.78 is 5.89. The molecule has 0 aromatic rings. The number of allylic oxidation sites excluding steroid dienone is 1. The van der Waals surface area contributed by atoms with Crippen molar-refractivity contribution in [2.24, 2.45) is 23.2 Å². The largest absolute Gasteiger partial charge is 0.462 e. The average molecular weight is 318 g/mol. The van der Waals surface area contributed by atoms with Gasteiger partial charge in [0, 0.05) is 5.92 Å². The second-order valence-corrected chi connectivity index (χ2v) is 8.92. The van der Waals surface area contributed by atoms with Crippen molar-refractivity contribution in [1.29, 1.82) is 0 Å². The van der Waals surface area contributed by atoms with Crippen molar-refractivity contribution in [1.82, 2.24) is 0 Å². The molecular formula is C20H32NO2+. The summed E-state index contributed by atoms with van der Waals surface area (Å²) in [5.41, 5.74) is 1.77. The Balaban J connectivity index is 1.50. The minimum Gasteiger partial charge on any atom is -0.462 e. The van der Waals surface area contributed by atoms with E-state index in [1.807, 2.05) is 0 Å². The van der Waals surface area contributed by atoms with E-state index in [1.54, 1.807) is 4.90 Å². The number of nitrogens with one attached hydrogen (secondary N) is 1. The van der Waals surface area contributed by atoms with Crippen LogP contribution in [0.25, 0.3) is 0 Å². The molecule has 3 nitrogen and oxygen atoms in total. The van der Waals surface area contributed by atoms with E-state index < -0.39 is 0 Å². The van der Waals surface area contributed by atoms with Gasteiger partial charge >= 0.3 is 5.97 Å². The number of rotatable bonds is 2. The van der Waals surface area contributed by atoms with E-state index in [4.69, 9.17) is 4.74 Å². The smallest absolute Gasteiger partial charge is 0.315 e. The van der Waals surface area contributed by atoms with Crippen molar-refractivity contribution in [2.75, 3.05) is 19.6 Å². The zero-order valence-corrected chi connectivity index (χ0v) is 14.6. The molecule has 128 valence electrons. The average Bonchev–Trinajstić information content (AvgIpc) is 2.81. The second-order valence-electron chi connectivity index (χ2n) is 8.92. The molecule has 4 fully saturated rings. The van der Waals surface area contributed by atoms with E-state index in [9.17, 15) is 4.79 Å². The summed E-state index contributed by atoms with van der Waals surface area (Å²) in [5, 5.41) is 0. The number of carbonyl (C=O) groups excluding carboxylic acids is 1. The highest BCUT2D eigenvalue weighted by Gasteiger charge is 2.55. The van der Waals surface area contributed by atoms with Gasteiger partial charge in [0.15, 0.2) is 0 Å². The lowest BCUT2D eigenvalue weighted by Crippen LogP contribution is -3.13. The molecule has 2 aliphatic heterocycles. The van der Waals surface area contributed by atoms with Crippen LogP contribution >= 0.6 is 0 Å². The Labute approximate surface area is 140 Å². The SMILES string of the molecule is C=C1CCC[C@]2(C)C[C@H]3OC(=O)[C@@H](C[NH+]4CCCCC4)[C@@H]3C[C@@H]12. The molecule has 4 aliphatic rings. The fourth-order valence-corrected chi connectivity index (χ4v) is 6.06. The van der Waals surface area contributed by atoms with Gasteiger partial charge in [-0.3, -0.25) is 4.79 Å². The molecule has 4 rings (SSSR count). The van der Waals surface area contributed by atoms with Gasteiger partial charge in [0.25, 0.3) is 0 Å². The minimum absolute atomic E-state index is 0.103. The van der Waals surface area contributed by atoms with Gasteiger partial charge in [0.1, 0.15) is 12.0 Å². The Morgan fingerprint density at radius 3 is 2.83 bits per heavy atom. The van der Waals surface area contributed by atoms with Gasteiger partial charge in [-0.2, -0.15) is 0 Å². The van der Waals surface area contributed by atoms with Gasteiger partial charge in [0.05, 0.1) is 19.6 Å². The molecule has 1 N–H and O–H groups in total. The number of quaternary nitrogens is 1. The van der Waals surface area contributed by atoms with Crippen LogP contribution < -0.4 is 4.90 Å². The van der Waals surface area contributed by atoms with Crippen LogP contribution in [0.1, 0.15) is 58.3 Å². The lowest BCUT2D eigenvalue weighted by atomic mass is 9.55. The first-order valence-corrected chi connectivity index (χ1v) is 9.78. The van der Waals surface area contributed by atoms with E-state index in [2.05, 4.69) is 13.5 Å². The maximum absolute atomic E-state index is 12.5. The number of hydrogen-bond acceptors (Lipinski definition) is 2. The van der Waals surface area contributed by atoms with Gasteiger partial charge in [-0.15, -0.1) is 0 Å². The molecular weight excluding hydrogens is 286 g/mol. The molecule has 2 aliphatic carbocycles. The molecule has 2 heterocycles. The highest BCUT2D eigenvalue weighted by atomic mass is 16.6. The molecule has 2 saturated carbocycles. The fraction of sp³-hybridized carbons (Fsp3) is 0.850. The second kappa shape index (κ2) is 5.91. The number of esters is 1. The predicted molar refractivity (Wildman–Crippen MR) is 90.1 cm³/mol. The van der Waals surface area contributed by atoms with Crippen LogP contribution in [-0.4, -0.2) is 31.7 Å². The number of carbonyl (C=O) groups is 1. The van der Waals surface area contributed by atoms with Crippen molar-refractivity contribution in [3.8, 4) is 0 Å². The lowest BCUT2D eigenvalue weighted by Gasteiger charge is -2.50. The van der Waals surface area contributed by atoms with Crippen molar-refractivity contribution >= 4 is 5.97 Å². The molecule has 2 saturated heterocycles. The molecule has 0 aromatic heterocycles. The van der Waals surface area contributed by atoms with Crippen LogP contribution in [0.15, 0.2) is 12.2 Å². The summed E-state index contributed by atoms with van der Waals surface area (Å²) in [6, 6.07) is 0. The monoisotopic (exact) mass is 318 g/mol. The van der Waals surface area contributed by atoms with E-state index in [0.717, 1.165) is 19.4 Å². The van der Waals surface area contributed by atoms with Crippen LogP contribution in [-0.2, 0) is 9.53 Å². The standard InChI is InChI=1S/C20H31NO2/c1-14-7-6-8-20(2)12-18-15(11-17(14)20)16(19(22)23-18)13-21-9-4-3-5-10-21/h15-18H,1,3-13H2,2H3/p+1/t15-,16-,17-,18+,20+/m0/s1. The highest BCUT2D eigenvalue weighted by Crippen LogP contribution is 2.56. The van der Waals surface area contributed by atoms with E-state index in [0.29, 0.717) is 17.3 Å². The van der Waals surface area contributed by atoms with Crippen molar-refractivity contribution in [2.45, 2.75) is 64.4 Å². The summed E-state index contributed by atoms with van der Waals surface area (Å²) >= 11 is 0. The summed E-state index contributed by atoms with van der Waals surface area (Å²) in [6.45, 7) is 10.3. The van der Waals surface area contributed by atoms with Crippen molar-refractivity contribution < 1.29 is 14.4 Å². The van der Waals surface area contributed by atoms with Gasteiger partial charge < -0.3 is 9.64 Å². The lowest BCUT2D eigenvalue weighted by molar-refractivity contribution is -0.907. The van der Waals surface area contributed by atoms with Crippen LogP contribution in [0.2, 0.25) is 0 Å². The number of ether oxygens (including phenoxy) is 1. The first kappa shape index (κ1) is 15.7. The molecule has 23 heavy (non-hydrogen) atoms. The zero-order valence-electron chi connectivity index (χ0n) is 14.6. The molecule has 0 aromatic carbocycles. The molecule has 0 amide bonds. The number of likely N-dealkylation sites (tertiary alicyclic amines) is 1. The molecule has 0 bridgehead atoms. The van der Waals surface area contributed by atoms with Gasteiger partial charge in [-0.1, -0.05) is 19.1 Å². The van der Waals surface area contributed by atoms with Crippen LogP contribution in [0.5, 0.6) is 0 Å². The van der Waals surface area contributed by atoms with E-state index in [1.165, 1.54) is 57.2 Å². The molecule has 5 atom stereocenters. The Bertz CT molecular complexity index is 496. The quantitative estimate of drug-likeness (QED) is 0.626. The molecule has 3 heteroatoms. The Morgan fingerprint density at radius 1 is 1.26 bits per heavy atom. The van der Waals surface area contributed by atoms with Crippen LogP contribution in [0.3, 0.4) is 0 Å². The normalized spacial score (nSPS) is 44.6. The maximum Gasteiger partial charge on any atom is 0.315 e. The van der Waals surface area contributed by atoms with E-state index >= 15 is 0 Å². The van der Waals surface area contributed by atoms with Crippen molar-refractivity contribution in [3.05, 3.63) is 12.2 Å². The minimum atomic E-state index is 0.103. The Hall–Kier alpha value is -0.830. The van der Waals surface area contributed by atoms with Gasteiger partial charge in [-0.05, 0) is 62.7 Å². The topological polar surface area (TPSA) is 30.7 Å². The first-order chi connectivity index (χ1) is 11.1. The molecule has 0 unspecified atom stereocenters. The zero-order chi connectivity index (χ0) is 16.0. The summed E-state index contributed by atoms with van der Waals surface area (Å²) in [4.78, 5) is 14.2. The van der Waals surface area contributed by atoms with Crippen LogP contribution in [0, 0.1) is 23.2 Å². The maximum atomic E-state index is 12.5. The predicted octanol–water partition coefficient (Wildman–Crippen LogP) is 2.37. The number of piperidine rings is 1. The van der Waals surface area contributed by atoms with Crippen LogP contribution in [0.4, 0.5) is 0 Å². The Morgan fingerprint density at radius 2 is 2.04 bits per heavy atom. The Kier molecular flexibility index (Phi) is 4.03. The van der Waals surface area contributed by atoms with Gasteiger partial charge in [0.2, 0.25) is 0 Å². The summed E-state index contributed by atoms with van der Waals surface area (Å²) in [6.07, 6.45) is 10.1. The summed E-state index contributed by atoms with van der Waals surface area (Å²) in [5.74, 6) is 1.31. The third-order valence-electron chi connectivity index (χ3n) is 7.39. The third kappa shape index (κ3) is 2.75.